The van der Waals surface area contributed by atoms with Crippen LogP contribution in [0, 0.1) is 0 Å². The van der Waals surface area contributed by atoms with Crippen LogP contribution >= 0.6 is 0 Å². The SMILES string of the molecule is O=C(c1cc(=O)[nH]c2ccccc12)N1CCOC2CCCCC21. The molecule has 1 aromatic carbocycles. The molecule has 5 nitrogen and oxygen atoms in total. The normalized spacial score (nSPS) is 24.4. The van der Waals surface area contributed by atoms with E-state index in [1.165, 1.54) is 6.07 Å². The van der Waals surface area contributed by atoms with Crippen LogP contribution in [0.5, 0.6) is 0 Å². The number of carbonyl (C=O) groups excluding carboxylic acids is 1. The van der Waals surface area contributed by atoms with Gasteiger partial charge < -0.3 is 14.6 Å². The van der Waals surface area contributed by atoms with Crippen molar-refractivity contribution in [2.75, 3.05) is 13.2 Å². The van der Waals surface area contributed by atoms with E-state index in [2.05, 4.69) is 4.98 Å². The maximum Gasteiger partial charge on any atom is 0.255 e. The van der Waals surface area contributed by atoms with Crippen molar-refractivity contribution < 1.29 is 9.53 Å². The molecule has 2 heterocycles. The van der Waals surface area contributed by atoms with Gasteiger partial charge in [-0.3, -0.25) is 9.59 Å². The zero-order valence-corrected chi connectivity index (χ0v) is 13.0. The number of nitrogens with zero attached hydrogens (tertiary/aromatic N) is 1. The lowest BCUT2D eigenvalue weighted by molar-refractivity contribution is -0.0752. The molecule has 2 unspecified atom stereocenters. The van der Waals surface area contributed by atoms with E-state index in [0.717, 1.165) is 31.1 Å². The first-order valence-corrected chi connectivity index (χ1v) is 8.29. The van der Waals surface area contributed by atoms with Crippen LogP contribution in [0.2, 0.25) is 0 Å². The number of aromatic nitrogens is 1. The number of hydrogen-bond donors (Lipinski definition) is 1. The van der Waals surface area contributed by atoms with Crippen molar-refractivity contribution in [3.8, 4) is 0 Å². The summed E-state index contributed by atoms with van der Waals surface area (Å²) in [4.78, 5) is 29.8. The average Bonchev–Trinajstić information content (AvgIpc) is 2.60. The number of carbonyl (C=O) groups is 1. The monoisotopic (exact) mass is 312 g/mol. The molecule has 1 aromatic heterocycles. The predicted octanol–water partition coefficient (Wildman–Crippen LogP) is 2.31. The summed E-state index contributed by atoms with van der Waals surface area (Å²) < 4.78 is 5.85. The third kappa shape index (κ3) is 2.55. The Kier molecular flexibility index (Phi) is 3.65. The Balaban J connectivity index is 1.75. The minimum Gasteiger partial charge on any atom is -0.374 e. The smallest absolute Gasteiger partial charge is 0.255 e. The van der Waals surface area contributed by atoms with Crippen molar-refractivity contribution in [1.82, 2.24) is 9.88 Å². The fraction of sp³-hybridized carbons (Fsp3) is 0.444. The zero-order valence-electron chi connectivity index (χ0n) is 13.0. The number of para-hydroxylation sites is 1. The number of hydrogen-bond acceptors (Lipinski definition) is 3. The fourth-order valence-electron chi connectivity index (χ4n) is 3.88. The highest BCUT2D eigenvalue weighted by atomic mass is 16.5. The van der Waals surface area contributed by atoms with Crippen LogP contribution < -0.4 is 5.56 Å². The van der Waals surface area contributed by atoms with Crippen LogP contribution in [0.15, 0.2) is 35.1 Å². The van der Waals surface area contributed by atoms with Crippen LogP contribution in [-0.4, -0.2) is 41.1 Å². The minimum absolute atomic E-state index is 0.0486. The standard InChI is InChI=1S/C18H20N2O3/c21-17-11-13(12-5-1-2-6-14(12)19-17)18(22)20-9-10-23-16-8-4-3-7-15(16)20/h1-2,5-6,11,15-16H,3-4,7-10H2,(H,19,21). The molecule has 1 aliphatic carbocycles. The van der Waals surface area contributed by atoms with E-state index in [-0.39, 0.29) is 23.6 Å². The maximum atomic E-state index is 13.1. The number of H-pyrrole nitrogens is 1. The van der Waals surface area contributed by atoms with Gasteiger partial charge in [0.1, 0.15) is 0 Å². The highest BCUT2D eigenvalue weighted by Gasteiger charge is 2.37. The summed E-state index contributed by atoms with van der Waals surface area (Å²) in [5.41, 5.74) is 0.966. The molecule has 1 N–H and O–H groups in total. The Bertz CT molecular complexity index is 796. The molecule has 23 heavy (non-hydrogen) atoms. The molecule has 0 spiro atoms. The molecular formula is C18H20N2O3. The quantitative estimate of drug-likeness (QED) is 0.879. The summed E-state index contributed by atoms with van der Waals surface area (Å²) in [5, 5.41) is 0.802. The molecule has 1 aliphatic heterocycles. The van der Waals surface area contributed by atoms with Crippen LogP contribution in [-0.2, 0) is 4.74 Å². The van der Waals surface area contributed by atoms with Gasteiger partial charge in [0.25, 0.3) is 5.91 Å². The first-order chi connectivity index (χ1) is 11.2. The molecule has 2 atom stereocenters. The number of aromatic amines is 1. The third-order valence-corrected chi connectivity index (χ3v) is 4.97. The summed E-state index contributed by atoms with van der Waals surface area (Å²) in [6, 6.07) is 9.03. The van der Waals surface area contributed by atoms with E-state index in [4.69, 9.17) is 4.74 Å². The second-order valence-electron chi connectivity index (χ2n) is 6.35. The van der Waals surface area contributed by atoms with Crippen molar-refractivity contribution in [3.05, 3.63) is 46.2 Å². The predicted molar refractivity (Wildman–Crippen MR) is 87.6 cm³/mol. The van der Waals surface area contributed by atoms with E-state index in [1.54, 1.807) is 0 Å². The molecule has 2 aromatic rings. The Labute approximate surface area is 134 Å². The van der Waals surface area contributed by atoms with Gasteiger partial charge in [-0.2, -0.15) is 0 Å². The lowest BCUT2D eigenvalue weighted by Gasteiger charge is -2.43. The molecule has 2 aliphatic rings. The van der Waals surface area contributed by atoms with Gasteiger partial charge in [-0.05, 0) is 18.9 Å². The lowest BCUT2D eigenvalue weighted by Crippen LogP contribution is -2.54. The van der Waals surface area contributed by atoms with Gasteiger partial charge in [-0.15, -0.1) is 0 Å². The van der Waals surface area contributed by atoms with E-state index >= 15 is 0 Å². The molecule has 120 valence electrons. The molecule has 1 saturated heterocycles. The number of morpholine rings is 1. The number of nitrogens with one attached hydrogen (secondary N) is 1. The highest BCUT2D eigenvalue weighted by Crippen LogP contribution is 2.30. The van der Waals surface area contributed by atoms with Gasteiger partial charge in [-0.25, -0.2) is 0 Å². The lowest BCUT2D eigenvalue weighted by atomic mass is 9.89. The Hall–Kier alpha value is -2.14. The van der Waals surface area contributed by atoms with Crippen molar-refractivity contribution >= 4 is 16.8 Å². The number of pyridine rings is 1. The number of fused-ring (bicyclic) bond motifs is 2. The van der Waals surface area contributed by atoms with Crippen molar-refractivity contribution in [3.63, 3.8) is 0 Å². The van der Waals surface area contributed by atoms with E-state index < -0.39 is 0 Å². The van der Waals surface area contributed by atoms with E-state index in [9.17, 15) is 9.59 Å². The molecule has 4 rings (SSSR count). The van der Waals surface area contributed by atoms with E-state index in [1.807, 2.05) is 29.2 Å². The first kappa shape index (κ1) is 14.5. The average molecular weight is 312 g/mol. The third-order valence-electron chi connectivity index (χ3n) is 4.97. The second-order valence-corrected chi connectivity index (χ2v) is 6.35. The van der Waals surface area contributed by atoms with Gasteiger partial charge in [0.2, 0.25) is 5.56 Å². The van der Waals surface area contributed by atoms with Crippen molar-refractivity contribution in [2.45, 2.75) is 37.8 Å². The highest BCUT2D eigenvalue weighted by molar-refractivity contribution is 6.06. The summed E-state index contributed by atoms with van der Waals surface area (Å²) >= 11 is 0. The first-order valence-electron chi connectivity index (χ1n) is 8.29. The Morgan fingerprint density at radius 2 is 2.04 bits per heavy atom. The fourth-order valence-corrected chi connectivity index (χ4v) is 3.88. The van der Waals surface area contributed by atoms with Gasteiger partial charge >= 0.3 is 0 Å². The summed E-state index contributed by atoms with van der Waals surface area (Å²) in [5.74, 6) is -0.0486. The largest absolute Gasteiger partial charge is 0.374 e. The van der Waals surface area contributed by atoms with Gasteiger partial charge in [0.05, 0.1) is 24.3 Å². The van der Waals surface area contributed by atoms with Crippen molar-refractivity contribution in [2.24, 2.45) is 0 Å². The molecule has 0 radical (unpaired) electrons. The van der Waals surface area contributed by atoms with Gasteiger partial charge in [0.15, 0.2) is 0 Å². The topological polar surface area (TPSA) is 62.4 Å². The van der Waals surface area contributed by atoms with Crippen LogP contribution in [0.1, 0.15) is 36.0 Å². The van der Waals surface area contributed by atoms with Crippen molar-refractivity contribution in [1.29, 1.82) is 0 Å². The summed E-state index contributed by atoms with van der Waals surface area (Å²) in [6.07, 6.45) is 4.44. The molecule has 1 amide bonds. The molecule has 1 saturated carbocycles. The van der Waals surface area contributed by atoms with Gasteiger partial charge in [0, 0.05) is 23.5 Å². The van der Waals surface area contributed by atoms with Crippen LogP contribution in [0.3, 0.4) is 0 Å². The zero-order chi connectivity index (χ0) is 15.8. The number of amides is 1. The van der Waals surface area contributed by atoms with Crippen LogP contribution in [0.25, 0.3) is 10.9 Å². The Morgan fingerprint density at radius 3 is 2.96 bits per heavy atom. The summed E-state index contributed by atoms with van der Waals surface area (Å²) in [7, 11) is 0. The molecule has 2 fully saturated rings. The van der Waals surface area contributed by atoms with Crippen LogP contribution in [0.4, 0.5) is 0 Å². The second kappa shape index (κ2) is 5.81. The minimum atomic E-state index is -0.236. The number of rotatable bonds is 1. The molecular weight excluding hydrogens is 292 g/mol. The number of benzene rings is 1. The number of ether oxygens (including phenoxy) is 1. The summed E-state index contributed by atoms with van der Waals surface area (Å²) in [6.45, 7) is 1.18. The Morgan fingerprint density at radius 1 is 1.22 bits per heavy atom. The molecule has 0 bridgehead atoms. The van der Waals surface area contributed by atoms with Gasteiger partial charge in [-0.1, -0.05) is 31.0 Å². The van der Waals surface area contributed by atoms with E-state index in [0.29, 0.717) is 24.2 Å². The maximum absolute atomic E-state index is 13.1. The molecule has 5 heteroatoms.